The van der Waals surface area contributed by atoms with E-state index in [2.05, 4.69) is 0 Å². The molecule has 0 aromatic heterocycles. The third kappa shape index (κ3) is 3.70. The monoisotopic (exact) mass is 413 g/mol. The van der Waals surface area contributed by atoms with Crippen LogP contribution in [-0.4, -0.2) is 25.5 Å². The van der Waals surface area contributed by atoms with E-state index in [9.17, 15) is 9.59 Å². The fourth-order valence-electron chi connectivity index (χ4n) is 3.74. The van der Waals surface area contributed by atoms with Gasteiger partial charge in [-0.25, -0.2) is 4.90 Å². The van der Waals surface area contributed by atoms with E-state index in [0.29, 0.717) is 40.5 Å². The van der Waals surface area contributed by atoms with Crippen LogP contribution in [0.25, 0.3) is 11.6 Å². The summed E-state index contributed by atoms with van der Waals surface area (Å²) in [6.45, 7) is 4.28. The number of nitrogens with zero attached hydrogens (tertiary/aromatic N) is 1. The molecule has 0 N–H and O–H groups in total. The number of carbonyl (C=O) groups is 2. The minimum atomic E-state index is -0.355. The summed E-state index contributed by atoms with van der Waals surface area (Å²) >= 11 is 0. The van der Waals surface area contributed by atoms with E-state index in [1.54, 1.807) is 43.5 Å². The molecule has 31 heavy (non-hydrogen) atoms. The van der Waals surface area contributed by atoms with Crippen molar-refractivity contribution in [3.63, 3.8) is 0 Å². The molecule has 0 saturated heterocycles. The number of anilines is 1. The van der Waals surface area contributed by atoms with E-state index in [1.807, 2.05) is 50.2 Å². The van der Waals surface area contributed by atoms with Gasteiger partial charge in [0.15, 0.2) is 11.5 Å². The van der Waals surface area contributed by atoms with Gasteiger partial charge in [0.1, 0.15) is 0 Å². The number of hydrogen-bond acceptors (Lipinski definition) is 4. The molecule has 3 aromatic carbocycles. The second kappa shape index (κ2) is 8.48. The standard InChI is InChI=1S/C26H23NO4/c1-4-31-24-16-18(13-14-23(24)30-3)15-21-19-10-6-7-11-20(19)25(28)27(26(21)29)22-12-8-5-9-17(22)2/h5-16H,4H2,1-3H3/b21-15-. The van der Waals surface area contributed by atoms with Gasteiger partial charge in [-0.3, -0.25) is 9.59 Å². The van der Waals surface area contributed by atoms with E-state index in [-0.39, 0.29) is 11.8 Å². The van der Waals surface area contributed by atoms with E-state index >= 15 is 0 Å². The Morgan fingerprint density at radius 2 is 1.58 bits per heavy atom. The van der Waals surface area contributed by atoms with Crippen LogP contribution in [-0.2, 0) is 4.79 Å². The molecule has 0 spiro atoms. The summed E-state index contributed by atoms with van der Waals surface area (Å²) in [5.41, 5.74) is 3.78. The molecule has 3 aromatic rings. The van der Waals surface area contributed by atoms with Gasteiger partial charge >= 0.3 is 0 Å². The second-order valence-corrected chi connectivity index (χ2v) is 7.18. The lowest BCUT2D eigenvalue weighted by Crippen LogP contribution is -2.42. The van der Waals surface area contributed by atoms with Crippen LogP contribution in [0, 0.1) is 6.92 Å². The van der Waals surface area contributed by atoms with E-state index < -0.39 is 0 Å². The maximum absolute atomic E-state index is 13.6. The Hall–Kier alpha value is -3.86. The molecule has 0 fully saturated rings. The topological polar surface area (TPSA) is 55.8 Å². The molecule has 0 radical (unpaired) electrons. The van der Waals surface area contributed by atoms with Crippen molar-refractivity contribution in [2.24, 2.45) is 0 Å². The van der Waals surface area contributed by atoms with Crippen LogP contribution in [0.5, 0.6) is 11.5 Å². The number of imide groups is 1. The van der Waals surface area contributed by atoms with E-state index in [0.717, 1.165) is 11.1 Å². The zero-order chi connectivity index (χ0) is 22.0. The zero-order valence-electron chi connectivity index (χ0n) is 17.7. The lowest BCUT2D eigenvalue weighted by molar-refractivity contribution is -0.112. The van der Waals surface area contributed by atoms with Gasteiger partial charge in [0.05, 0.1) is 19.4 Å². The zero-order valence-corrected chi connectivity index (χ0v) is 17.7. The molecule has 156 valence electrons. The number of amides is 2. The fraction of sp³-hybridized carbons (Fsp3) is 0.154. The van der Waals surface area contributed by atoms with Gasteiger partial charge in [0, 0.05) is 11.1 Å². The van der Waals surface area contributed by atoms with Crippen LogP contribution < -0.4 is 14.4 Å². The molecular formula is C26H23NO4. The SMILES string of the molecule is CCOc1cc(/C=C2\C(=O)N(c3ccccc3C)C(=O)c3ccccc32)ccc1OC. The molecule has 1 aliphatic rings. The Morgan fingerprint density at radius 1 is 0.871 bits per heavy atom. The first kappa shape index (κ1) is 20.4. The third-order valence-corrected chi connectivity index (χ3v) is 5.24. The predicted molar refractivity (Wildman–Crippen MR) is 121 cm³/mol. The summed E-state index contributed by atoms with van der Waals surface area (Å²) in [5, 5.41) is 0. The molecule has 0 atom stereocenters. The van der Waals surface area contributed by atoms with Gasteiger partial charge in [-0.1, -0.05) is 42.5 Å². The maximum atomic E-state index is 13.6. The average molecular weight is 413 g/mol. The highest BCUT2D eigenvalue weighted by Gasteiger charge is 2.36. The fourth-order valence-corrected chi connectivity index (χ4v) is 3.74. The van der Waals surface area contributed by atoms with E-state index in [4.69, 9.17) is 9.47 Å². The number of carbonyl (C=O) groups excluding carboxylic acids is 2. The number of ether oxygens (including phenoxy) is 2. The first-order valence-corrected chi connectivity index (χ1v) is 10.1. The van der Waals surface area contributed by atoms with Crippen molar-refractivity contribution in [3.05, 3.63) is 89.0 Å². The smallest absolute Gasteiger partial charge is 0.265 e. The highest BCUT2D eigenvalue weighted by molar-refractivity contribution is 6.43. The number of rotatable bonds is 5. The first-order chi connectivity index (χ1) is 15.0. The van der Waals surface area contributed by atoms with Crippen molar-refractivity contribution >= 4 is 29.2 Å². The van der Waals surface area contributed by atoms with Crippen molar-refractivity contribution < 1.29 is 19.1 Å². The summed E-state index contributed by atoms with van der Waals surface area (Å²) in [6.07, 6.45) is 1.79. The molecule has 0 aliphatic carbocycles. The summed E-state index contributed by atoms with van der Waals surface area (Å²) in [4.78, 5) is 28.1. The summed E-state index contributed by atoms with van der Waals surface area (Å²) in [7, 11) is 1.59. The Bertz CT molecular complexity index is 1200. The Morgan fingerprint density at radius 3 is 2.29 bits per heavy atom. The van der Waals surface area contributed by atoms with Crippen molar-refractivity contribution in [1.82, 2.24) is 0 Å². The molecule has 5 nitrogen and oxygen atoms in total. The van der Waals surface area contributed by atoms with Gasteiger partial charge < -0.3 is 9.47 Å². The third-order valence-electron chi connectivity index (χ3n) is 5.24. The van der Waals surface area contributed by atoms with Gasteiger partial charge in [-0.2, -0.15) is 0 Å². The molecule has 0 unspecified atom stereocenters. The molecule has 1 aliphatic heterocycles. The molecular weight excluding hydrogens is 390 g/mol. The van der Waals surface area contributed by atoms with Crippen LogP contribution >= 0.6 is 0 Å². The number of para-hydroxylation sites is 1. The molecule has 4 rings (SSSR count). The molecule has 5 heteroatoms. The Kier molecular flexibility index (Phi) is 5.58. The number of aryl methyl sites for hydroxylation is 1. The normalized spacial score (nSPS) is 14.5. The lowest BCUT2D eigenvalue weighted by Gasteiger charge is -2.29. The highest BCUT2D eigenvalue weighted by atomic mass is 16.5. The summed E-state index contributed by atoms with van der Waals surface area (Å²) < 4.78 is 11.0. The number of hydrogen-bond donors (Lipinski definition) is 0. The second-order valence-electron chi connectivity index (χ2n) is 7.18. The van der Waals surface area contributed by atoms with Crippen LogP contribution in [0.3, 0.4) is 0 Å². The molecule has 2 amide bonds. The lowest BCUT2D eigenvalue weighted by atomic mass is 9.91. The van der Waals surface area contributed by atoms with Crippen molar-refractivity contribution in [1.29, 1.82) is 0 Å². The number of methoxy groups -OCH3 is 1. The van der Waals surface area contributed by atoms with Crippen molar-refractivity contribution in [2.75, 3.05) is 18.6 Å². The molecule has 0 bridgehead atoms. The van der Waals surface area contributed by atoms with Gasteiger partial charge in [-0.05, 0) is 60.9 Å². The van der Waals surface area contributed by atoms with Crippen molar-refractivity contribution in [3.8, 4) is 11.5 Å². The van der Waals surface area contributed by atoms with Crippen molar-refractivity contribution in [2.45, 2.75) is 13.8 Å². The quantitative estimate of drug-likeness (QED) is 0.430. The minimum absolute atomic E-state index is 0.322. The maximum Gasteiger partial charge on any atom is 0.265 e. The van der Waals surface area contributed by atoms with Crippen LogP contribution in [0.2, 0.25) is 0 Å². The van der Waals surface area contributed by atoms with Gasteiger partial charge in [0.2, 0.25) is 0 Å². The summed E-state index contributed by atoms with van der Waals surface area (Å²) in [5.74, 6) is 0.544. The minimum Gasteiger partial charge on any atom is -0.493 e. The van der Waals surface area contributed by atoms with Crippen LogP contribution in [0.15, 0.2) is 66.7 Å². The summed E-state index contributed by atoms with van der Waals surface area (Å²) in [6, 6.07) is 20.1. The largest absolute Gasteiger partial charge is 0.493 e. The highest BCUT2D eigenvalue weighted by Crippen LogP contribution is 2.36. The first-order valence-electron chi connectivity index (χ1n) is 10.1. The van der Waals surface area contributed by atoms with Gasteiger partial charge in [-0.15, -0.1) is 0 Å². The van der Waals surface area contributed by atoms with Crippen LogP contribution in [0.1, 0.15) is 34.0 Å². The predicted octanol–water partition coefficient (Wildman–Crippen LogP) is 5.13. The van der Waals surface area contributed by atoms with Crippen LogP contribution in [0.4, 0.5) is 5.69 Å². The van der Waals surface area contributed by atoms with Gasteiger partial charge in [0.25, 0.3) is 11.8 Å². The Labute approximate surface area is 181 Å². The molecule has 0 saturated carbocycles. The number of fused-ring (bicyclic) bond motifs is 1. The Balaban J connectivity index is 1.88. The number of benzene rings is 3. The molecule has 1 heterocycles. The van der Waals surface area contributed by atoms with E-state index in [1.165, 1.54) is 4.90 Å². The average Bonchev–Trinajstić information content (AvgIpc) is 2.78.